The van der Waals surface area contributed by atoms with Crippen LogP contribution in [0.5, 0.6) is 5.75 Å². The second kappa shape index (κ2) is 8.20. The molecule has 0 aromatic heterocycles. The summed E-state index contributed by atoms with van der Waals surface area (Å²) < 4.78 is 5.69. The quantitative estimate of drug-likeness (QED) is 0.822. The minimum absolute atomic E-state index is 0.575. The fourth-order valence-corrected chi connectivity index (χ4v) is 1.60. The van der Waals surface area contributed by atoms with E-state index in [1.165, 1.54) is 5.56 Å². The fraction of sp³-hybridized carbons (Fsp3) is 0.294. The molecule has 2 rings (SSSR count). The second-order valence-corrected chi connectivity index (χ2v) is 4.03. The third-order valence-electron chi connectivity index (χ3n) is 2.72. The molecule has 19 heavy (non-hydrogen) atoms. The summed E-state index contributed by atoms with van der Waals surface area (Å²) in [6.45, 7) is 6.72. The standard InChI is InChI=1S/C15H17NO.C2H6/c1-2-12-5-9-15(10-6-12)17-11-13-3-7-14(16)8-4-13;1-2/h3-10H,2,11,16H2,1H3;1-2H3. The van der Waals surface area contributed by atoms with Gasteiger partial charge in [-0.1, -0.05) is 45.0 Å². The molecule has 2 heteroatoms. The van der Waals surface area contributed by atoms with E-state index in [0.717, 1.165) is 23.4 Å². The number of nitrogens with two attached hydrogens (primary N) is 1. The monoisotopic (exact) mass is 257 g/mol. The van der Waals surface area contributed by atoms with E-state index in [2.05, 4.69) is 19.1 Å². The van der Waals surface area contributed by atoms with Gasteiger partial charge in [0.25, 0.3) is 0 Å². The van der Waals surface area contributed by atoms with Crippen molar-refractivity contribution in [1.29, 1.82) is 0 Å². The molecule has 2 nitrogen and oxygen atoms in total. The molecule has 0 saturated carbocycles. The minimum atomic E-state index is 0.575. The number of hydrogen-bond acceptors (Lipinski definition) is 2. The lowest BCUT2D eigenvalue weighted by Crippen LogP contribution is -1.96. The Morgan fingerprint density at radius 2 is 1.37 bits per heavy atom. The van der Waals surface area contributed by atoms with Crippen molar-refractivity contribution in [3.05, 3.63) is 59.7 Å². The average Bonchev–Trinajstić information content (AvgIpc) is 2.49. The highest BCUT2D eigenvalue weighted by Gasteiger charge is 1.96. The Kier molecular flexibility index (Phi) is 6.51. The van der Waals surface area contributed by atoms with E-state index >= 15 is 0 Å². The molecule has 2 N–H and O–H groups in total. The van der Waals surface area contributed by atoms with Gasteiger partial charge in [0.1, 0.15) is 12.4 Å². The van der Waals surface area contributed by atoms with E-state index in [-0.39, 0.29) is 0 Å². The summed E-state index contributed by atoms with van der Waals surface area (Å²) in [5.41, 5.74) is 8.85. The Hall–Kier alpha value is -1.96. The Labute approximate surface area is 116 Å². The van der Waals surface area contributed by atoms with Crippen molar-refractivity contribution >= 4 is 5.69 Å². The zero-order valence-electron chi connectivity index (χ0n) is 12.0. The summed E-state index contributed by atoms with van der Waals surface area (Å²) >= 11 is 0. The van der Waals surface area contributed by atoms with E-state index in [0.29, 0.717) is 6.61 Å². The molecule has 2 aromatic carbocycles. The molecular weight excluding hydrogens is 234 g/mol. The molecule has 0 bridgehead atoms. The van der Waals surface area contributed by atoms with Crippen LogP contribution in [-0.4, -0.2) is 0 Å². The number of anilines is 1. The van der Waals surface area contributed by atoms with Crippen molar-refractivity contribution in [2.24, 2.45) is 0 Å². The zero-order valence-corrected chi connectivity index (χ0v) is 12.0. The van der Waals surface area contributed by atoms with E-state index in [9.17, 15) is 0 Å². The highest BCUT2D eigenvalue weighted by atomic mass is 16.5. The maximum absolute atomic E-state index is 5.69. The van der Waals surface area contributed by atoms with Crippen molar-refractivity contribution in [2.75, 3.05) is 5.73 Å². The zero-order chi connectivity index (χ0) is 14.1. The third-order valence-corrected chi connectivity index (χ3v) is 2.72. The number of rotatable bonds is 4. The first-order valence-corrected chi connectivity index (χ1v) is 6.84. The van der Waals surface area contributed by atoms with Gasteiger partial charge < -0.3 is 10.5 Å². The third kappa shape index (κ3) is 5.04. The molecule has 0 aliphatic heterocycles. The van der Waals surface area contributed by atoms with Crippen LogP contribution in [0.25, 0.3) is 0 Å². The van der Waals surface area contributed by atoms with Crippen LogP contribution in [0.4, 0.5) is 5.69 Å². The van der Waals surface area contributed by atoms with Gasteiger partial charge in [0, 0.05) is 5.69 Å². The van der Waals surface area contributed by atoms with Gasteiger partial charge in [0.15, 0.2) is 0 Å². The van der Waals surface area contributed by atoms with Crippen LogP contribution in [0.1, 0.15) is 31.9 Å². The van der Waals surface area contributed by atoms with E-state index in [4.69, 9.17) is 10.5 Å². The fourth-order valence-electron chi connectivity index (χ4n) is 1.60. The number of nitrogen functional groups attached to an aromatic ring is 1. The van der Waals surface area contributed by atoms with Crippen LogP contribution in [0.2, 0.25) is 0 Å². The SMILES string of the molecule is CC.CCc1ccc(OCc2ccc(N)cc2)cc1. The summed E-state index contributed by atoms with van der Waals surface area (Å²) in [4.78, 5) is 0. The maximum Gasteiger partial charge on any atom is 0.119 e. The van der Waals surface area contributed by atoms with Crippen LogP contribution in [0, 0.1) is 0 Å². The Morgan fingerprint density at radius 1 is 0.842 bits per heavy atom. The van der Waals surface area contributed by atoms with Crippen LogP contribution in [-0.2, 0) is 13.0 Å². The summed E-state index contributed by atoms with van der Waals surface area (Å²) in [7, 11) is 0. The molecule has 0 spiro atoms. The molecule has 0 aliphatic carbocycles. The van der Waals surface area contributed by atoms with Crippen molar-refractivity contribution in [1.82, 2.24) is 0 Å². The maximum atomic E-state index is 5.69. The summed E-state index contributed by atoms with van der Waals surface area (Å²) in [6, 6.07) is 16.0. The molecule has 0 unspecified atom stereocenters. The first-order valence-electron chi connectivity index (χ1n) is 6.84. The minimum Gasteiger partial charge on any atom is -0.489 e. The van der Waals surface area contributed by atoms with Crippen LogP contribution >= 0.6 is 0 Å². The summed E-state index contributed by atoms with van der Waals surface area (Å²) in [6.07, 6.45) is 1.05. The molecule has 0 fully saturated rings. The average molecular weight is 257 g/mol. The first-order chi connectivity index (χ1) is 9.28. The van der Waals surface area contributed by atoms with E-state index in [1.807, 2.05) is 50.2 Å². The number of benzene rings is 2. The van der Waals surface area contributed by atoms with Crippen molar-refractivity contribution in [2.45, 2.75) is 33.8 Å². The lowest BCUT2D eigenvalue weighted by atomic mass is 10.2. The smallest absolute Gasteiger partial charge is 0.119 e. The van der Waals surface area contributed by atoms with Gasteiger partial charge in [-0.15, -0.1) is 0 Å². The molecule has 0 radical (unpaired) electrons. The molecule has 2 aromatic rings. The van der Waals surface area contributed by atoms with Gasteiger partial charge in [-0.25, -0.2) is 0 Å². The molecule has 0 aliphatic rings. The molecule has 0 atom stereocenters. The lowest BCUT2D eigenvalue weighted by Gasteiger charge is -2.07. The molecular formula is C17H23NO. The van der Waals surface area contributed by atoms with Gasteiger partial charge in [0.05, 0.1) is 0 Å². The Morgan fingerprint density at radius 3 is 1.89 bits per heavy atom. The van der Waals surface area contributed by atoms with Crippen LogP contribution < -0.4 is 10.5 Å². The number of aryl methyl sites for hydroxylation is 1. The topological polar surface area (TPSA) is 35.2 Å². The Balaban J connectivity index is 0.000000861. The lowest BCUT2D eigenvalue weighted by molar-refractivity contribution is 0.306. The predicted octanol–water partition coefficient (Wildman–Crippen LogP) is 4.44. The normalized spacial score (nSPS) is 9.42. The summed E-state index contributed by atoms with van der Waals surface area (Å²) in [5, 5.41) is 0. The summed E-state index contributed by atoms with van der Waals surface area (Å²) in [5.74, 6) is 0.902. The molecule has 102 valence electrons. The Bertz CT molecular complexity index is 460. The predicted molar refractivity (Wildman–Crippen MR) is 82.4 cm³/mol. The highest BCUT2D eigenvalue weighted by Crippen LogP contribution is 2.15. The molecule has 0 saturated heterocycles. The van der Waals surface area contributed by atoms with Crippen molar-refractivity contribution in [3.8, 4) is 5.75 Å². The highest BCUT2D eigenvalue weighted by molar-refractivity contribution is 5.39. The van der Waals surface area contributed by atoms with Gasteiger partial charge in [-0.2, -0.15) is 0 Å². The number of hydrogen-bond donors (Lipinski definition) is 1. The number of ether oxygens (including phenoxy) is 1. The van der Waals surface area contributed by atoms with Gasteiger partial charge in [-0.3, -0.25) is 0 Å². The molecule has 0 amide bonds. The molecule has 0 heterocycles. The van der Waals surface area contributed by atoms with Crippen molar-refractivity contribution in [3.63, 3.8) is 0 Å². The second-order valence-electron chi connectivity index (χ2n) is 4.03. The van der Waals surface area contributed by atoms with Crippen LogP contribution in [0.15, 0.2) is 48.5 Å². The van der Waals surface area contributed by atoms with E-state index in [1.54, 1.807) is 0 Å². The van der Waals surface area contributed by atoms with Crippen molar-refractivity contribution < 1.29 is 4.74 Å². The van der Waals surface area contributed by atoms with Gasteiger partial charge in [0.2, 0.25) is 0 Å². The van der Waals surface area contributed by atoms with Crippen LogP contribution in [0.3, 0.4) is 0 Å². The largest absolute Gasteiger partial charge is 0.489 e. The van der Waals surface area contributed by atoms with Gasteiger partial charge >= 0.3 is 0 Å². The first kappa shape index (κ1) is 15.1. The van der Waals surface area contributed by atoms with Gasteiger partial charge in [-0.05, 0) is 41.8 Å². The van der Waals surface area contributed by atoms with E-state index < -0.39 is 0 Å².